The van der Waals surface area contributed by atoms with Gasteiger partial charge < -0.3 is 14.2 Å². The van der Waals surface area contributed by atoms with E-state index in [1.165, 1.54) is 0 Å². The van der Waals surface area contributed by atoms with Crippen LogP contribution in [-0.2, 0) is 0 Å². The maximum atomic E-state index is 5.72. The number of hydrogen-bond donors (Lipinski definition) is 0. The van der Waals surface area contributed by atoms with Gasteiger partial charge in [0.15, 0.2) is 11.5 Å². The van der Waals surface area contributed by atoms with Gasteiger partial charge >= 0.3 is 0 Å². The number of ether oxygens (including phenoxy) is 3. The molecule has 0 unspecified atom stereocenters. The first-order valence-corrected chi connectivity index (χ1v) is 5.70. The predicted octanol–water partition coefficient (Wildman–Crippen LogP) is 3.56. The fraction of sp³-hybridized carbons (Fsp3) is 0.167. The first-order valence-electron chi connectivity index (χ1n) is 4.76. The van der Waals surface area contributed by atoms with Gasteiger partial charge in [-0.2, -0.15) is 0 Å². The van der Waals surface area contributed by atoms with Gasteiger partial charge in [-0.3, -0.25) is 0 Å². The number of para-hydroxylation sites is 1. The van der Waals surface area contributed by atoms with E-state index < -0.39 is 0 Å². The van der Waals surface area contributed by atoms with Crippen LogP contribution in [0.2, 0.25) is 0 Å². The molecule has 1 heterocycles. The molecule has 0 saturated carbocycles. The summed E-state index contributed by atoms with van der Waals surface area (Å²) in [5, 5.41) is 3.88. The molecule has 0 aliphatic heterocycles. The summed E-state index contributed by atoms with van der Waals surface area (Å²) in [5.74, 6) is 2.70. The van der Waals surface area contributed by atoms with Gasteiger partial charge in [-0.1, -0.05) is 6.07 Å². The van der Waals surface area contributed by atoms with Crippen LogP contribution in [-0.4, -0.2) is 14.2 Å². The van der Waals surface area contributed by atoms with E-state index in [4.69, 9.17) is 14.2 Å². The lowest BCUT2D eigenvalue weighted by molar-refractivity contribution is 0.347. The number of thiophene rings is 1. The first kappa shape index (κ1) is 10.8. The summed E-state index contributed by atoms with van der Waals surface area (Å²) >= 11 is 1.58. The Hall–Kier alpha value is -1.68. The molecule has 1 aromatic heterocycles. The third-order valence-electron chi connectivity index (χ3n) is 2.10. The van der Waals surface area contributed by atoms with E-state index >= 15 is 0 Å². The molecule has 0 bridgehead atoms. The smallest absolute Gasteiger partial charge is 0.211 e. The Bertz CT molecular complexity index is 429. The van der Waals surface area contributed by atoms with Crippen molar-refractivity contribution in [1.29, 1.82) is 0 Å². The molecule has 84 valence electrons. The van der Waals surface area contributed by atoms with Crippen LogP contribution in [0.25, 0.3) is 0 Å². The molecule has 16 heavy (non-hydrogen) atoms. The van der Waals surface area contributed by atoms with Crippen molar-refractivity contribution in [3.05, 3.63) is 35.0 Å². The van der Waals surface area contributed by atoms with E-state index in [2.05, 4.69) is 0 Å². The minimum atomic E-state index is 0.603. The molecule has 1 aromatic carbocycles. The number of rotatable bonds is 4. The lowest BCUT2D eigenvalue weighted by Gasteiger charge is -2.12. The summed E-state index contributed by atoms with van der Waals surface area (Å²) in [5.41, 5.74) is 0. The van der Waals surface area contributed by atoms with Gasteiger partial charge in [0.25, 0.3) is 0 Å². The van der Waals surface area contributed by atoms with Crippen molar-refractivity contribution in [3.8, 4) is 23.0 Å². The van der Waals surface area contributed by atoms with Crippen molar-refractivity contribution >= 4 is 11.3 Å². The fourth-order valence-electron chi connectivity index (χ4n) is 1.35. The van der Waals surface area contributed by atoms with Crippen LogP contribution in [0.4, 0.5) is 0 Å². The maximum absolute atomic E-state index is 5.72. The van der Waals surface area contributed by atoms with Crippen LogP contribution in [0, 0.1) is 0 Å². The lowest BCUT2D eigenvalue weighted by Crippen LogP contribution is -1.93. The summed E-state index contributed by atoms with van der Waals surface area (Å²) in [6.07, 6.45) is 0. The molecule has 0 amide bonds. The maximum Gasteiger partial charge on any atom is 0.211 e. The largest absolute Gasteiger partial charge is 0.493 e. The molecule has 0 fully saturated rings. The van der Waals surface area contributed by atoms with Crippen molar-refractivity contribution in [1.82, 2.24) is 0 Å². The Kier molecular flexibility index (Phi) is 3.31. The van der Waals surface area contributed by atoms with E-state index in [0.717, 1.165) is 5.75 Å². The Balaban J connectivity index is 2.37. The average molecular weight is 236 g/mol. The van der Waals surface area contributed by atoms with E-state index in [-0.39, 0.29) is 0 Å². The van der Waals surface area contributed by atoms with Gasteiger partial charge in [0.1, 0.15) is 5.75 Å². The van der Waals surface area contributed by atoms with Crippen molar-refractivity contribution in [2.45, 2.75) is 0 Å². The molecule has 0 aliphatic carbocycles. The van der Waals surface area contributed by atoms with Gasteiger partial charge in [-0.15, -0.1) is 11.3 Å². The molecular weight excluding hydrogens is 224 g/mol. The molecule has 0 aliphatic rings. The van der Waals surface area contributed by atoms with E-state index in [0.29, 0.717) is 17.2 Å². The summed E-state index contributed by atoms with van der Waals surface area (Å²) < 4.78 is 16.2. The van der Waals surface area contributed by atoms with Crippen LogP contribution < -0.4 is 14.2 Å². The highest BCUT2D eigenvalue weighted by Gasteiger charge is 2.12. The van der Waals surface area contributed by atoms with Crippen molar-refractivity contribution < 1.29 is 14.2 Å². The minimum absolute atomic E-state index is 0.603. The van der Waals surface area contributed by atoms with Gasteiger partial charge in [0, 0.05) is 5.38 Å². The third kappa shape index (κ3) is 2.12. The normalized spacial score (nSPS) is 9.88. The topological polar surface area (TPSA) is 27.7 Å². The van der Waals surface area contributed by atoms with E-state index in [1.54, 1.807) is 25.6 Å². The van der Waals surface area contributed by atoms with Crippen LogP contribution in [0.3, 0.4) is 0 Å². The lowest BCUT2D eigenvalue weighted by atomic mass is 10.3. The Labute approximate surface area is 98.2 Å². The van der Waals surface area contributed by atoms with Gasteiger partial charge in [-0.05, 0) is 23.6 Å². The highest BCUT2D eigenvalue weighted by molar-refractivity contribution is 7.08. The van der Waals surface area contributed by atoms with Crippen LogP contribution in [0.15, 0.2) is 35.0 Å². The molecule has 0 radical (unpaired) electrons. The zero-order valence-electron chi connectivity index (χ0n) is 9.10. The van der Waals surface area contributed by atoms with Crippen molar-refractivity contribution in [2.24, 2.45) is 0 Å². The quantitative estimate of drug-likeness (QED) is 0.812. The van der Waals surface area contributed by atoms with Crippen molar-refractivity contribution in [2.75, 3.05) is 14.2 Å². The van der Waals surface area contributed by atoms with Crippen molar-refractivity contribution in [3.63, 3.8) is 0 Å². The molecule has 2 aromatic rings. The molecule has 3 nitrogen and oxygen atoms in total. The molecule has 0 N–H and O–H groups in total. The Morgan fingerprint density at radius 1 is 1.00 bits per heavy atom. The third-order valence-corrected chi connectivity index (χ3v) is 2.76. The van der Waals surface area contributed by atoms with Crippen LogP contribution in [0.1, 0.15) is 0 Å². The monoisotopic (exact) mass is 236 g/mol. The second kappa shape index (κ2) is 4.90. The van der Waals surface area contributed by atoms with Crippen LogP contribution in [0.5, 0.6) is 23.0 Å². The number of benzene rings is 1. The molecule has 0 spiro atoms. The average Bonchev–Trinajstić information content (AvgIpc) is 2.82. The molecule has 0 atom stereocenters. The van der Waals surface area contributed by atoms with Gasteiger partial charge in [0.05, 0.1) is 14.2 Å². The highest BCUT2D eigenvalue weighted by atomic mass is 32.1. The van der Waals surface area contributed by atoms with E-state index in [9.17, 15) is 0 Å². The van der Waals surface area contributed by atoms with E-state index in [1.807, 2.05) is 35.0 Å². The first-order chi connectivity index (χ1) is 7.85. The summed E-state index contributed by atoms with van der Waals surface area (Å²) in [6.45, 7) is 0. The summed E-state index contributed by atoms with van der Waals surface area (Å²) in [7, 11) is 3.21. The summed E-state index contributed by atoms with van der Waals surface area (Å²) in [6, 6.07) is 7.43. The minimum Gasteiger partial charge on any atom is -0.493 e. The zero-order valence-corrected chi connectivity index (χ0v) is 9.91. The molecular formula is C12H12O3S. The number of hydrogen-bond acceptors (Lipinski definition) is 4. The summed E-state index contributed by atoms with van der Waals surface area (Å²) in [4.78, 5) is 0. The second-order valence-corrected chi connectivity index (χ2v) is 3.83. The predicted molar refractivity (Wildman–Crippen MR) is 63.9 cm³/mol. The SMILES string of the molecule is COc1cccc(OC)c1Oc1ccsc1. The number of methoxy groups -OCH3 is 2. The standard InChI is InChI=1S/C12H12O3S/c1-13-10-4-3-5-11(14-2)12(10)15-9-6-7-16-8-9/h3-8H,1-2H3. The zero-order chi connectivity index (χ0) is 11.4. The Morgan fingerprint density at radius 2 is 1.69 bits per heavy atom. The molecule has 4 heteroatoms. The van der Waals surface area contributed by atoms with Gasteiger partial charge in [-0.25, -0.2) is 0 Å². The molecule has 0 saturated heterocycles. The highest BCUT2D eigenvalue weighted by Crippen LogP contribution is 2.40. The van der Waals surface area contributed by atoms with Crippen LogP contribution >= 0.6 is 11.3 Å². The second-order valence-electron chi connectivity index (χ2n) is 3.05. The Morgan fingerprint density at radius 3 is 2.19 bits per heavy atom. The van der Waals surface area contributed by atoms with Gasteiger partial charge in [0.2, 0.25) is 5.75 Å². The molecule has 2 rings (SSSR count). The fourth-order valence-corrected chi connectivity index (χ4v) is 1.90.